The molecule has 0 saturated heterocycles. The first-order valence-corrected chi connectivity index (χ1v) is 8.61. The van der Waals surface area contributed by atoms with Crippen molar-refractivity contribution in [3.05, 3.63) is 33.7 Å². The summed E-state index contributed by atoms with van der Waals surface area (Å²) in [4.78, 5) is 28.5. The van der Waals surface area contributed by atoms with Crippen molar-refractivity contribution in [2.75, 3.05) is 19.3 Å². The van der Waals surface area contributed by atoms with Gasteiger partial charge in [-0.1, -0.05) is 0 Å². The number of aromatic nitrogens is 2. The van der Waals surface area contributed by atoms with Gasteiger partial charge in [0.25, 0.3) is 5.56 Å². The average Bonchev–Trinajstić information content (AvgIpc) is 2.93. The molecule has 0 aliphatic carbocycles. The van der Waals surface area contributed by atoms with Gasteiger partial charge < -0.3 is 10.6 Å². The number of nitrogens with one attached hydrogen (secondary N) is 2. The van der Waals surface area contributed by atoms with Gasteiger partial charge in [0.15, 0.2) is 4.96 Å². The molecule has 1 unspecified atom stereocenters. The van der Waals surface area contributed by atoms with Gasteiger partial charge in [-0.2, -0.15) is 0 Å². The van der Waals surface area contributed by atoms with Gasteiger partial charge >= 0.3 is 0 Å². The van der Waals surface area contributed by atoms with Crippen LogP contribution in [0.25, 0.3) is 4.96 Å². The number of amides is 1. The smallest absolute Gasteiger partial charge is 0.258 e. The molecule has 2 aromatic heterocycles. The van der Waals surface area contributed by atoms with Crippen LogP contribution in [-0.4, -0.2) is 40.7 Å². The number of fused-ring (bicyclic) bond motifs is 1. The molecule has 0 fully saturated rings. The molecule has 8 heteroatoms. The lowest BCUT2D eigenvalue weighted by Crippen LogP contribution is -2.37. The van der Waals surface area contributed by atoms with Crippen molar-refractivity contribution in [3.63, 3.8) is 0 Å². The molecule has 0 bridgehead atoms. The minimum atomic E-state index is -0.0795. The van der Waals surface area contributed by atoms with E-state index in [1.165, 1.54) is 33.6 Å². The van der Waals surface area contributed by atoms with E-state index in [0.29, 0.717) is 28.7 Å². The molecule has 0 saturated carbocycles. The Morgan fingerprint density at radius 3 is 3.14 bits per heavy atom. The molecule has 2 aromatic rings. The monoisotopic (exact) mass is 326 g/mol. The first-order valence-electron chi connectivity index (χ1n) is 6.57. The van der Waals surface area contributed by atoms with E-state index in [1.807, 2.05) is 19.4 Å². The van der Waals surface area contributed by atoms with E-state index in [0.717, 1.165) is 0 Å². The zero-order valence-corrected chi connectivity index (χ0v) is 13.6. The number of carbonyl (C=O) groups excluding carboxylic acids is 1. The quantitative estimate of drug-likeness (QED) is 0.784. The highest BCUT2D eigenvalue weighted by Crippen LogP contribution is 2.12. The fraction of sp³-hybridized carbons (Fsp3) is 0.462. The van der Waals surface area contributed by atoms with E-state index in [-0.39, 0.29) is 17.5 Å². The molecular weight excluding hydrogens is 308 g/mol. The van der Waals surface area contributed by atoms with Crippen LogP contribution < -0.4 is 16.2 Å². The second-order valence-corrected chi connectivity index (χ2v) is 6.49. The Hall–Kier alpha value is -1.38. The highest BCUT2D eigenvalue weighted by molar-refractivity contribution is 7.99. The lowest BCUT2D eigenvalue weighted by Gasteiger charge is -2.11. The molecule has 0 aliphatic heterocycles. The summed E-state index contributed by atoms with van der Waals surface area (Å²) in [6.07, 6.45) is 1.71. The fourth-order valence-electron chi connectivity index (χ4n) is 1.63. The van der Waals surface area contributed by atoms with Crippen LogP contribution in [-0.2, 0) is 10.5 Å². The number of thioether (sulfide) groups is 1. The van der Waals surface area contributed by atoms with Crippen LogP contribution in [0.5, 0.6) is 0 Å². The van der Waals surface area contributed by atoms with Gasteiger partial charge in [0.05, 0.1) is 11.4 Å². The molecule has 2 heterocycles. The Morgan fingerprint density at radius 1 is 1.57 bits per heavy atom. The average molecular weight is 326 g/mol. The number of likely N-dealkylation sites (N-methyl/N-ethyl adjacent to an activating group) is 1. The van der Waals surface area contributed by atoms with Crippen LogP contribution in [0.4, 0.5) is 0 Å². The molecule has 1 atom stereocenters. The number of carbonyl (C=O) groups is 1. The standard InChI is InChI=1S/C13H18N4O2S2/c1-9(14-2)6-15-11(18)8-20-7-10-5-12(19)17-3-4-21-13(17)16-10/h3-5,9,14H,6-8H2,1-2H3,(H,15,18). The number of hydrogen-bond donors (Lipinski definition) is 2. The Bertz CT molecular complexity index is 667. The van der Waals surface area contributed by atoms with Crippen molar-refractivity contribution in [1.82, 2.24) is 20.0 Å². The molecule has 1 amide bonds. The normalized spacial score (nSPS) is 12.5. The second kappa shape index (κ2) is 7.58. The first-order chi connectivity index (χ1) is 10.1. The van der Waals surface area contributed by atoms with Crippen molar-refractivity contribution < 1.29 is 4.79 Å². The van der Waals surface area contributed by atoms with Crippen LogP contribution in [0.3, 0.4) is 0 Å². The minimum Gasteiger partial charge on any atom is -0.354 e. The van der Waals surface area contributed by atoms with Gasteiger partial charge in [-0.3, -0.25) is 14.0 Å². The maximum absolute atomic E-state index is 11.8. The zero-order valence-electron chi connectivity index (χ0n) is 12.0. The van der Waals surface area contributed by atoms with Crippen LogP contribution in [0.15, 0.2) is 22.4 Å². The van der Waals surface area contributed by atoms with Crippen molar-refractivity contribution in [1.29, 1.82) is 0 Å². The summed E-state index contributed by atoms with van der Waals surface area (Å²) in [5.41, 5.74) is 0.632. The van der Waals surface area contributed by atoms with Crippen molar-refractivity contribution in [2.45, 2.75) is 18.7 Å². The summed E-state index contributed by atoms with van der Waals surface area (Å²) in [5, 5.41) is 7.74. The second-order valence-electron chi connectivity index (χ2n) is 4.63. The summed E-state index contributed by atoms with van der Waals surface area (Å²) < 4.78 is 1.52. The van der Waals surface area contributed by atoms with Gasteiger partial charge in [-0.15, -0.1) is 23.1 Å². The predicted octanol–water partition coefficient (Wildman–Crippen LogP) is 0.713. The topological polar surface area (TPSA) is 75.5 Å². The summed E-state index contributed by atoms with van der Waals surface area (Å²) in [6, 6.07) is 1.77. The van der Waals surface area contributed by atoms with E-state index < -0.39 is 0 Å². The summed E-state index contributed by atoms with van der Waals surface area (Å²) in [7, 11) is 1.86. The molecule has 114 valence electrons. The SMILES string of the molecule is CNC(C)CNC(=O)CSCc1cc(=O)n2ccsc2n1. The van der Waals surface area contributed by atoms with Gasteiger partial charge in [0, 0.05) is 36.0 Å². The first kappa shape index (κ1) is 16.0. The molecule has 21 heavy (non-hydrogen) atoms. The lowest BCUT2D eigenvalue weighted by molar-refractivity contribution is -0.118. The van der Waals surface area contributed by atoms with E-state index in [9.17, 15) is 9.59 Å². The Kier molecular flexibility index (Phi) is 5.77. The molecule has 6 nitrogen and oxygen atoms in total. The molecule has 2 rings (SSSR count). The van der Waals surface area contributed by atoms with Crippen molar-refractivity contribution >= 4 is 34.0 Å². The van der Waals surface area contributed by atoms with Crippen molar-refractivity contribution in [3.8, 4) is 0 Å². The highest BCUT2D eigenvalue weighted by atomic mass is 32.2. The largest absolute Gasteiger partial charge is 0.354 e. The Morgan fingerprint density at radius 2 is 2.38 bits per heavy atom. The predicted molar refractivity (Wildman–Crippen MR) is 87.0 cm³/mol. The van der Waals surface area contributed by atoms with Crippen LogP contribution in [0.2, 0.25) is 0 Å². The van der Waals surface area contributed by atoms with Gasteiger partial charge in [-0.25, -0.2) is 4.98 Å². The maximum atomic E-state index is 11.8. The van der Waals surface area contributed by atoms with Crippen LogP contribution >= 0.6 is 23.1 Å². The summed E-state index contributed by atoms with van der Waals surface area (Å²) in [6.45, 7) is 2.61. The van der Waals surface area contributed by atoms with Crippen LogP contribution in [0.1, 0.15) is 12.6 Å². The van der Waals surface area contributed by atoms with Gasteiger partial charge in [0.1, 0.15) is 0 Å². The molecular formula is C13H18N4O2S2. The molecule has 0 spiro atoms. The third-order valence-corrected chi connectivity index (χ3v) is 4.66. The third-order valence-electron chi connectivity index (χ3n) is 2.94. The Labute approximate surface area is 131 Å². The fourth-order valence-corrected chi connectivity index (χ4v) is 3.12. The van der Waals surface area contributed by atoms with Crippen molar-refractivity contribution in [2.24, 2.45) is 0 Å². The molecule has 0 aromatic carbocycles. The number of rotatable bonds is 7. The minimum absolute atomic E-state index is 0.00368. The van der Waals surface area contributed by atoms with Gasteiger partial charge in [0.2, 0.25) is 5.91 Å². The summed E-state index contributed by atoms with van der Waals surface area (Å²) in [5.74, 6) is 0.914. The summed E-state index contributed by atoms with van der Waals surface area (Å²) >= 11 is 2.88. The number of nitrogens with zero attached hydrogens (tertiary/aromatic N) is 2. The number of hydrogen-bond acceptors (Lipinski definition) is 6. The molecule has 2 N–H and O–H groups in total. The maximum Gasteiger partial charge on any atom is 0.258 e. The Balaban J connectivity index is 1.82. The lowest BCUT2D eigenvalue weighted by atomic mass is 10.3. The van der Waals surface area contributed by atoms with Gasteiger partial charge in [-0.05, 0) is 14.0 Å². The highest BCUT2D eigenvalue weighted by Gasteiger charge is 2.06. The third kappa shape index (κ3) is 4.55. The van der Waals surface area contributed by atoms with E-state index in [1.54, 1.807) is 6.20 Å². The van der Waals surface area contributed by atoms with E-state index >= 15 is 0 Å². The molecule has 0 radical (unpaired) electrons. The molecule has 0 aliphatic rings. The number of thiazole rings is 1. The van der Waals surface area contributed by atoms with Crippen LogP contribution in [0, 0.1) is 0 Å². The van der Waals surface area contributed by atoms with E-state index in [2.05, 4.69) is 15.6 Å². The van der Waals surface area contributed by atoms with E-state index in [4.69, 9.17) is 0 Å². The zero-order chi connectivity index (χ0) is 15.2.